The van der Waals surface area contributed by atoms with E-state index in [1.165, 1.54) is 0 Å². The second kappa shape index (κ2) is 9.58. The lowest BCUT2D eigenvalue weighted by atomic mass is 9.81. The Bertz CT molecular complexity index is 1050. The van der Waals surface area contributed by atoms with Gasteiger partial charge < -0.3 is 19.8 Å². The SMILES string of the molecule is Cc1ccc2ncnc(N3CCC4(CC3)C[C@H](O)C[C@H](c3ccccc3)O4)c2n1.O=CO. The molecule has 2 atom stereocenters. The van der Waals surface area contributed by atoms with Crippen molar-refractivity contribution in [1.29, 1.82) is 0 Å². The fraction of sp³-hybridized carbons (Fsp3) is 0.417. The first kappa shape index (κ1) is 22.1. The van der Waals surface area contributed by atoms with E-state index in [4.69, 9.17) is 14.6 Å². The van der Waals surface area contributed by atoms with Crippen LogP contribution in [-0.4, -0.2) is 56.4 Å². The zero-order valence-electron chi connectivity index (χ0n) is 18.1. The first-order chi connectivity index (χ1) is 15.5. The number of ether oxygens (including phenoxy) is 1. The van der Waals surface area contributed by atoms with Crippen molar-refractivity contribution >= 4 is 23.3 Å². The van der Waals surface area contributed by atoms with Crippen LogP contribution < -0.4 is 4.90 Å². The molecule has 2 aliphatic heterocycles. The van der Waals surface area contributed by atoms with Crippen molar-refractivity contribution in [2.75, 3.05) is 18.0 Å². The van der Waals surface area contributed by atoms with Crippen molar-refractivity contribution in [2.24, 2.45) is 0 Å². The monoisotopic (exact) mass is 436 g/mol. The standard InChI is InChI=1S/C23H26N4O2.CH2O2/c1-16-7-8-19-21(26-16)22(25-15-24-19)27-11-9-23(10-12-27)14-18(28)13-20(29-23)17-5-3-2-4-6-17;2-1-3/h2-8,15,18,20,28H,9-14H2,1H3;1H,(H,2,3)/t18-,20-;/m1./s1. The molecule has 0 aliphatic carbocycles. The van der Waals surface area contributed by atoms with E-state index in [0.29, 0.717) is 12.8 Å². The highest BCUT2D eigenvalue weighted by atomic mass is 16.5. The van der Waals surface area contributed by atoms with Crippen molar-refractivity contribution in [3.63, 3.8) is 0 Å². The number of piperidine rings is 1. The molecule has 1 spiro atoms. The van der Waals surface area contributed by atoms with E-state index in [2.05, 4.69) is 32.0 Å². The van der Waals surface area contributed by atoms with Crippen LogP contribution in [-0.2, 0) is 9.53 Å². The minimum atomic E-state index is -0.329. The number of benzene rings is 1. The molecule has 3 aromatic rings. The average Bonchev–Trinajstić information content (AvgIpc) is 2.80. The molecule has 8 heteroatoms. The molecule has 2 aliphatic rings. The fourth-order valence-corrected chi connectivity index (χ4v) is 4.73. The summed E-state index contributed by atoms with van der Waals surface area (Å²) < 4.78 is 6.63. The molecule has 32 heavy (non-hydrogen) atoms. The van der Waals surface area contributed by atoms with Crippen molar-refractivity contribution in [2.45, 2.75) is 50.4 Å². The highest BCUT2D eigenvalue weighted by molar-refractivity contribution is 5.85. The van der Waals surface area contributed by atoms with Gasteiger partial charge in [0.05, 0.1) is 23.3 Å². The minimum Gasteiger partial charge on any atom is -0.483 e. The maximum atomic E-state index is 10.6. The first-order valence-corrected chi connectivity index (χ1v) is 10.9. The first-order valence-electron chi connectivity index (χ1n) is 10.9. The molecule has 2 aromatic heterocycles. The third-order valence-electron chi connectivity index (χ3n) is 6.23. The summed E-state index contributed by atoms with van der Waals surface area (Å²) in [6, 6.07) is 14.2. The maximum absolute atomic E-state index is 10.6. The lowest BCUT2D eigenvalue weighted by Gasteiger charge is -2.48. The Balaban J connectivity index is 0.000000775. The number of anilines is 1. The number of carbonyl (C=O) groups is 1. The zero-order chi connectivity index (χ0) is 22.6. The van der Waals surface area contributed by atoms with Crippen LogP contribution in [0.1, 0.15) is 43.0 Å². The van der Waals surface area contributed by atoms with Gasteiger partial charge in [-0.3, -0.25) is 4.79 Å². The Kier molecular flexibility index (Phi) is 6.62. The van der Waals surface area contributed by atoms with Gasteiger partial charge in [0.25, 0.3) is 6.47 Å². The van der Waals surface area contributed by atoms with Crippen molar-refractivity contribution < 1.29 is 19.7 Å². The highest BCUT2D eigenvalue weighted by Crippen LogP contribution is 2.43. The van der Waals surface area contributed by atoms with Gasteiger partial charge >= 0.3 is 0 Å². The summed E-state index contributed by atoms with van der Waals surface area (Å²) in [4.78, 5) is 24.2. The van der Waals surface area contributed by atoms with Crippen LogP contribution >= 0.6 is 0 Å². The van der Waals surface area contributed by atoms with Gasteiger partial charge in [0.1, 0.15) is 11.8 Å². The number of carboxylic acid groups (broad SMARTS) is 1. The zero-order valence-corrected chi connectivity index (χ0v) is 18.1. The number of fused-ring (bicyclic) bond motifs is 1. The third-order valence-corrected chi connectivity index (χ3v) is 6.23. The predicted molar refractivity (Wildman–Crippen MR) is 120 cm³/mol. The van der Waals surface area contributed by atoms with Crippen LogP contribution in [0.5, 0.6) is 0 Å². The van der Waals surface area contributed by atoms with E-state index < -0.39 is 0 Å². The van der Waals surface area contributed by atoms with Crippen LogP contribution in [0.15, 0.2) is 48.8 Å². The van der Waals surface area contributed by atoms with E-state index in [9.17, 15) is 5.11 Å². The second-order valence-electron chi connectivity index (χ2n) is 8.40. The Hall–Kier alpha value is -3.10. The largest absolute Gasteiger partial charge is 0.483 e. The van der Waals surface area contributed by atoms with Crippen molar-refractivity contribution in [3.05, 3.63) is 60.0 Å². The number of nitrogens with zero attached hydrogens (tertiary/aromatic N) is 4. The quantitative estimate of drug-likeness (QED) is 0.589. The fourth-order valence-electron chi connectivity index (χ4n) is 4.73. The van der Waals surface area contributed by atoms with Crippen molar-refractivity contribution in [3.8, 4) is 0 Å². The molecule has 2 saturated heterocycles. The molecular formula is C24H28N4O4. The number of hydrogen-bond acceptors (Lipinski definition) is 7. The Morgan fingerprint density at radius 2 is 1.84 bits per heavy atom. The smallest absolute Gasteiger partial charge is 0.290 e. The van der Waals surface area contributed by atoms with Crippen LogP contribution in [0.25, 0.3) is 11.0 Å². The van der Waals surface area contributed by atoms with E-state index in [0.717, 1.165) is 54.0 Å². The van der Waals surface area contributed by atoms with Gasteiger partial charge in [-0.05, 0) is 37.5 Å². The van der Waals surface area contributed by atoms with Crippen LogP contribution in [0.3, 0.4) is 0 Å². The molecule has 4 heterocycles. The number of aliphatic hydroxyl groups is 1. The average molecular weight is 437 g/mol. The molecule has 0 unspecified atom stereocenters. The maximum Gasteiger partial charge on any atom is 0.290 e. The molecule has 168 valence electrons. The number of aliphatic hydroxyl groups excluding tert-OH is 1. The van der Waals surface area contributed by atoms with Gasteiger partial charge in [0.15, 0.2) is 5.82 Å². The van der Waals surface area contributed by atoms with Gasteiger partial charge in [0.2, 0.25) is 0 Å². The summed E-state index contributed by atoms with van der Waals surface area (Å²) in [5.41, 5.74) is 3.56. The number of hydrogen-bond donors (Lipinski definition) is 2. The lowest BCUT2D eigenvalue weighted by molar-refractivity contribution is -0.173. The Labute approximate surface area is 186 Å². The Morgan fingerprint density at radius 3 is 2.56 bits per heavy atom. The molecule has 1 aromatic carbocycles. The molecule has 5 rings (SSSR count). The van der Waals surface area contributed by atoms with Crippen LogP contribution in [0.2, 0.25) is 0 Å². The molecule has 2 N–H and O–H groups in total. The van der Waals surface area contributed by atoms with E-state index >= 15 is 0 Å². The van der Waals surface area contributed by atoms with Crippen LogP contribution in [0, 0.1) is 6.92 Å². The number of aromatic nitrogens is 3. The third kappa shape index (κ3) is 4.71. The number of pyridine rings is 1. The van der Waals surface area contributed by atoms with Gasteiger partial charge in [-0.25, -0.2) is 15.0 Å². The second-order valence-corrected chi connectivity index (χ2v) is 8.40. The van der Waals surface area contributed by atoms with Gasteiger partial charge in [-0.1, -0.05) is 30.3 Å². The summed E-state index contributed by atoms with van der Waals surface area (Å²) in [5, 5.41) is 17.5. The van der Waals surface area contributed by atoms with Crippen LogP contribution in [0.4, 0.5) is 5.82 Å². The van der Waals surface area contributed by atoms with E-state index in [-0.39, 0.29) is 24.3 Å². The minimum absolute atomic E-state index is 0.0457. The predicted octanol–water partition coefficient (Wildman–Crippen LogP) is 3.29. The summed E-state index contributed by atoms with van der Waals surface area (Å²) in [7, 11) is 0. The summed E-state index contributed by atoms with van der Waals surface area (Å²) >= 11 is 0. The highest BCUT2D eigenvalue weighted by Gasteiger charge is 2.44. The molecule has 2 fully saturated rings. The molecule has 0 bridgehead atoms. The molecule has 0 saturated carbocycles. The topological polar surface area (TPSA) is 109 Å². The van der Waals surface area contributed by atoms with Gasteiger partial charge in [-0.15, -0.1) is 0 Å². The normalized spacial score (nSPS) is 22.2. The number of rotatable bonds is 2. The molecule has 8 nitrogen and oxygen atoms in total. The lowest BCUT2D eigenvalue weighted by Crippen LogP contribution is -2.51. The Morgan fingerprint density at radius 1 is 1.12 bits per heavy atom. The van der Waals surface area contributed by atoms with Gasteiger partial charge in [0, 0.05) is 31.6 Å². The van der Waals surface area contributed by atoms with E-state index in [1.54, 1.807) is 6.33 Å². The summed E-state index contributed by atoms with van der Waals surface area (Å²) in [6.07, 6.45) is 4.34. The molecular weight excluding hydrogens is 408 g/mol. The van der Waals surface area contributed by atoms with Gasteiger partial charge in [-0.2, -0.15) is 0 Å². The van der Waals surface area contributed by atoms with Crippen molar-refractivity contribution in [1.82, 2.24) is 15.0 Å². The summed E-state index contributed by atoms with van der Waals surface area (Å²) in [5.74, 6) is 0.893. The van der Waals surface area contributed by atoms with E-state index in [1.807, 2.05) is 37.3 Å². The summed E-state index contributed by atoms with van der Waals surface area (Å²) in [6.45, 7) is 3.40. The molecule has 0 radical (unpaired) electrons. The number of aryl methyl sites for hydroxylation is 1. The molecule has 0 amide bonds.